The summed E-state index contributed by atoms with van der Waals surface area (Å²) in [6, 6.07) is 6.11. The van der Waals surface area contributed by atoms with Crippen molar-refractivity contribution in [2.24, 2.45) is 5.18 Å². The Morgan fingerprint density at radius 2 is 1.91 bits per heavy atom. The van der Waals surface area contributed by atoms with Gasteiger partial charge in [0.05, 0.1) is 29.5 Å². The lowest BCUT2D eigenvalue weighted by Crippen LogP contribution is -2.08. The van der Waals surface area contributed by atoms with E-state index in [1.165, 1.54) is 19.2 Å². The van der Waals surface area contributed by atoms with E-state index >= 15 is 0 Å². The summed E-state index contributed by atoms with van der Waals surface area (Å²) in [6.45, 7) is 1.81. The Kier molecular flexibility index (Phi) is 5.52. The SMILES string of the molecule is CCOC(=O)c1nc(-c2cc(Cl)c(OC)c(Cl)c2)ccc1N=O. The molecule has 0 saturated heterocycles. The van der Waals surface area contributed by atoms with Crippen LogP contribution in [-0.2, 0) is 4.74 Å². The van der Waals surface area contributed by atoms with E-state index in [4.69, 9.17) is 32.7 Å². The molecular weight excluding hydrogens is 343 g/mol. The number of methoxy groups -OCH3 is 1. The molecule has 1 aromatic carbocycles. The molecule has 8 heteroatoms. The maximum atomic E-state index is 11.9. The van der Waals surface area contributed by atoms with Crippen LogP contribution in [0, 0.1) is 4.91 Å². The molecule has 0 atom stereocenters. The molecular formula is C15H12Cl2N2O4. The van der Waals surface area contributed by atoms with E-state index < -0.39 is 5.97 Å². The van der Waals surface area contributed by atoms with Crippen LogP contribution in [0.5, 0.6) is 5.75 Å². The number of nitroso groups, excluding NO2 is 1. The van der Waals surface area contributed by atoms with Gasteiger partial charge < -0.3 is 9.47 Å². The van der Waals surface area contributed by atoms with Gasteiger partial charge in [-0.05, 0) is 36.4 Å². The van der Waals surface area contributed by atoms with Crippen molar-refractivity contribution in [2.75, 3.05) is 13.7 Å². The van der Waals surface area contributed by atoms with Gasteiger partial charge in [0.1, 0.15) is 5.69 Å². The molecule has 1 heterocycles. The largest absolute Gasteiger partial charge is 0.494 e. The zero-order valence-corrected chi connectivity index (χ0v) is 13.8. The number of benzene rings is 1. The van der Waals surface area contributed by atoms with E-state index in [1.54, 1.807) is 19.1 Å². The summed E-state index contributed by atoms with van der Waals surface area (Å²) in [6.07, 6.45) is 0. The van der Waals surface area contributed by atoms with Gasteiger partial charge in [0.25, 0.3) is 0 Å². The van der Waals surface area contributed by atoms with Gasteiger partial charge in [-0.2, -0.15) is 0 Å². The van der Waals surface area contributed by atoms with E-state index in [0.29, 0.717) is 27.1 Å². The number of ether oxygens (including phenoxy) is 2. The second kappa shape index (κ2) is 7.39. The van der Waals surface area contributed by atoms with Gasteiger partial charge in [-0.25, -0.2) is 9.78 Å². The van der Waals surface area contributed by atoms with Crippen LogP contribution in [0.2, 0.25) is 10.0 Å². The lowest BCUT2D eigenvalue weighted by molar-refractivity contribution is 0.0520. The fourth-order valence-electron chi connectivity index (χ4n) is 1.94. The lowest BCUT2D eigenvalue weighted by Gasteiger charge is -2.10. The number of halogens is 2. The Morgan fingerprint density at radius 3 is 2.43 bits per heavy atom. The number of aromatic nitrogens is 1. The van der Waals surface area contributed by atoms with Gasteiger partial charge in [0, 0.05) is 5.56 Å². The first-order valence-corrected chi connectivity index (χ1v) is 7.32. The van der Waals surface area contributed by atoms with Crippen LogP contribution >= 0.6 is 23.2 Å². The Morgan fingerprint density at radius 1 is 1.26 bits per heavy atom. The molecule has 23 heavy (non-hydrogen) atoms. The molecule has 6 nitrogen and oxygen atoms in total. The minimum Gasteiger partial charge on any atom is -0.494 e. The number of hydrogen-bond acceptors (Lipinski definition) is 6. The smallest absolute Gasteiger partial charge is 0.359 e. The van der Waals surface area contributed by atoms with Crippen LogP contribution in [0.1, 0.15) is 17.4 Å². The van der Waals surface area contributed by atoms with Crippen molar-refractivity contribution in [3.8, 4) is 17.0 Å². The minimum absolute atomic E-state index is 0.0992. The van der Waals surface area contributed by atoms with E-state index in [0.717, 1.165) is 0 Å². The van der Waals surface area contributed by atoms with Gasteiger partial charge in [0.2, 0.25) is 0 Å². The maximum absolute atomic E-state index is 11.9. The van der Waals surface area contributed by atoms with Crippen LogP contribution in [0.15, 0.2) is 29.4 Å². The summed E-state index contributed by atoms with van der Waals surface area (Å²) in [5.74, 6) is -0.386. The average molecular weight is 355 g/mol. The molecule has 120 valence electrons. The van der Waals surface area contributed by atoms with Crippen molar-refractivity contribution in [3.05, 3.63) is 44.9 Å². The first kappa shape index (κ1) is 17.2. The number of esters is 1. The second-order valence-electron chi connectivity index (χ2n) is 4.35. The van der Waals surface area contributed by atoms with Crippen LogP contribution in [0.3, 0.4) is 0 Å². The van der Waals surface area contributed by atoms with Gasteiger partial charge in [-0.1, -0.05) is 23.2 Å². The van der Waals surface area contributed by atoms with Gasteiger partial charge in [0.15, 0.2) is 11.4 Å². The number of carbonyl (C=O) groups excluding carboxylic acids is 1. The highest BCUT2D eigenvalue weighted by molar-refractivity contribution is 6.37. The predicted molar refractivity (Wildman–Crippen MR) is 87.7 cm³/mol. The summed E-state index contributed by atoms with van der Waals surface area (Å²) in [4.78, 5) is 26.8. The summed E-state index contributed by atoms with van der Waals surface area (Å²) in [7, 11) is 1.45. The van der Waals surface area contributed by atoms with Gasteiger partial charge in [-0.3, -0.25) is 0 Å². The van der Waals surface area contributed by atoms with Gasteiger partial charge >= 0.3 is 5.97 Å². The first-order chi connectivity index (χ1) is 11.0. The average Bonchev–Trinajstić information content (AvgIpc) is 2.54. The highest BCUT2D eigenvalue weighted by atomic mass is 35.5. The van der Waals surface area contributed by atoms with Crippen LogP contribution in [0.4, 0.5) is 5.69 Å². The maximum Gasteiger partial charge on any atom is 0.359 e. The molecule has 0 aliphatic heterocycles. The molecule has 0 radical (unpaired) electrons. The zero-order chi connectivity index (χ0) is 17.0. The van der Waals surface area contributed by atoms with Crippen molar-refractivity contribution in [1.29, 1.82) is 0 Å². The number of carbonyl (C=O) groups is 1. The van der Waals surface area contributed by atoms with Crippen LogP contribution < -0.4 is 4.74 Å². The van der Waals surface area contributed by atoms with E-state index in [-0.39, 0.29) is 18.0 Å². The quantitative estimate of drug-likeness (QED) is 0.577. The highest BCUT2D eigenvalue weighted by Gasteiger charge is 2.18. The summed E-state index contributed by atoms with van der Waals surface area (Å²) < 4.78 is 9.96. The molecule has 0 N–H and O–H groups in total. The Hall–Kier alpha value is -2.18. The van der Waals surface area contributed by atoms with Crippen molar-refractivity contribution in [2.45, 2.75) is 6.92 Å². The molecule has 0 fully saturated rings. The summed E-state index contributed by atoms with van der Waals surface area (Å²) in [5, 5.41) is 3.38. The molecule has 0 aliphatic carbocycles. The van der Waals surface area contributed by atoms with Gasteiger partial charge in [-0.15, -0.1) is 4.91 Å². The van der Waals surface area contributed by atoms with Crippen molar-refractivity contribution in [3.63, 3.8) is 0 Å². The van der Waals surface area contributed by atoms with Crippen molar-refractivity contribution >= 4 is 34.9 Å². The normalized spacial score (nSPS) is 10.3. The van der Waals surface area contributed by atoms with E-state index in [2.05, 4.69) is 10.2 Å². The van der Waals surface area contributed by atoms with Crippen LogP contribution in [0.25, 0.3) is 11.3 Å². The standard InChI is InChI=1S/C15H12Cl2N2O4/c1-3-23-15(20)13-12(19-21)5-4-11(18-13)8-6-9(16)14(22-2)10(17)7-8/h4-7H,3H2,1-2H3. The monoisotopic (exact) mass is 354 g/mol. The summed E-state index contributed by atoms with van der Waals surface area (Å²) >= 11 is 12.2. The fourth-order valence-corrected chi connectivity index (χ4v) is 2.58. The lowest BCUT2D eigenvalue weighted by atomic mass is 10.1. The molecule has 2 aromatic rings. The second-order valence-corrected chi connectivity index (χ2v) is 5.16. The Bertz CT molecular complexity index is 742. The first-order valence-electron chi connectivity index (χ1n) is 6.56. The minimum atomic E-state index is -0.727. The topological polar surface area (TPSA) is 77.8 Å². The molecule has 0 bridgehead atoms. The number of nitrogens with zero attached hydrogens (tertiary/aromatic N) is 2. The molecule has 0 amide bonds. The Balaban J connectivity index is 2.54. The number of hydrogen-bond donors (Lipinski definition) is 0. The molecule has 2 rings (SSSR count). The molecule has 1 aromatic heterocycles. The molecule has 0 aliphatic rings. The Labute approximate surface area is 142 Å². The van der Waals surface area contributed by atoms with E-state index in [9.17, 15) is 9.70 Å². The zero-order valence-electron chi connectivity index (χ0n) is 12.3. The van der Waals surface area contributed by atoms with Crippen molar-refractivity contribution < 1.29 is 14.3 Å². The molecule has 0 unspecified atom stereocenters. The highest BCUT2D eigenvalue weighted by Crippen LogP contribution is 2.37. The summed E-state index contributed by atoms with van der Waals surface area (Å²) in [5.41, 5.74) is 0.691. The third-order valence-corrected chi connectivity index (χ3v) is 3.50. The molecule has 0 spiro atoms. The predicted octanol–water partition coefficient (Wildman–Crippen LogP) is 4.64. The van der Waals surface area contributed by atoms with E-state index in [1.807, 2.05) is 0 Å². The van der Waals surface area contributed by atoms with Crippen molar-refractivity contribution in [1.82, 2.24) is 4.98 Å². The molecule has 0 saturated carbocycles. The third kappa shape index (κ3) is 3.60. The fraction of sp³-hybridized carbons (Fsp3) is 0.200. The third-order valence-electron chi connectivity index (χ3n) is 2.94. The number of pyridine rings is 1. The number of rotatable bonds is 5. The van der Waals surface area contributed by atoms with Crippen LogP contribution in [-0.4, -0.2) is 24.7 Å².